The summed E-state index contributed by atoms with van der Waals surface area (Å²) in [5.74, 6) is 0.317. The van der Waals surface area contributed by atoms with Crippen LogP contribution in [0.3, 0.4) is 0 Å². The average molecular weight is 305 g/mol. The molecule has 1 aromatic heterocycles. The van der Waals surface area contributed by atoms with E-state index in [1.807, 2.05) is 18.5 Å². The first kappa shape index (κ1) is 14.7. The summed E-state index contributed by atoms with van der Waals surface area (Å²) in [5.41, 5.74) is 0.850. The van der Waals surface area contributed by atoms with Crippen LogP contribution in [0.25, 0.3) is 0 Å². The highest BCUT2D eigenvalue weighted by Gasteiger charge is 2.21. The fourth-order valence-corrected chi connectivity index (χ4v) is 2.46. The van der Waals surface area contributed by atoms with Crippen molar-refractivity contribution in [2.45, 2.75) is 39.3 Å². The molecule has 0 bridgehead atoms. The Morgan fingerprint density at radius 2 is 2.12 bits per heavy atom. The van der Waals surface area contributed by atoms with E-state index in [1.54, 1.807) is 13.3 Å². The number of rotatable bonds is 6. The molecular weight excluding hydrogens is 284 g/mol. The van der Waals surface area contributed by atoms with Crippen LogP contribution in [-0.2, 0) is 4.74 Å². The van der Waals surface area contributed by atoms with Crippen LogP contribution in [0.2, 0.25) is 0 Å². The van der Waals surface area contributed by atoms with Gasteiger partial charge >= 0.3 is 0 Å². The monoisotopic (exact) mass is 304 g/mol. The Bertz CT molecular complexity index is 352. The summed E-state index contributed by atoms with van der Waals surface area (Å²) in [7, 11) is 1.68. The number of methoxy groups -OCH3 is 1. The molecule has 0 saturated carbocycles. The largest absolute Gasteiger partial charge is 0.387 e. The summed E-state index contributed by atoms with van der Waals surface area (Å²) < 4.78 is 7.80. The number of aliphatic hydroxyl groups is 1. The Morgan fingerprint density at radius 1 is 1.47 bits per heavy atom. The van der Waals surface area contributed by atoms with Crippen LogP contribution in [0.5, 0.6) is 0 Å². The molecule has 0 aromatic carbocycles. The van der Waals surface area contributed by atoms with Crippen molar-refractivity contribution in [1.29, 1.82) is 0 Å². The first-order chi connectivity index (χ1) is 7.97. The Kier molecular flexibility index (Phi) is 5.62. The Hall–Kier alpha value is -0.390. The van der Waals surface area contributed by atoms with E-state index in [-0.39, 0.29) is 6.04 Å². The number of aliphatic hydroxyl groups excluding tert-OH is 1. The molecule has 5 heteroatoms. The molecular formula is C12H21BrN2O2. The second-order valence-electron chi connectivity index (χ2n) is 4.73. The van der Waals surface area contributed by atoms with Crippen molar-refractivity contribution in [1.82, 2.24) is 9.78 Å². The van der Waals surface area contributed by atoms with Crippen LogP contribution < -0.4 is 0 Å². The Labute approximate surface area is 111 Å². The van der Waals surface area contributed by atoms with Crippen molar-refractivity contribution in [3.8, 4) is 0 Å². The summed E-state index contributed by atoms with van der Waals surface area (Å²) in [4.78, 5) is 0. The van der Waals surface area contributed by atoms with Crippen molar-refractivity contribution in [3.05, 3.63) is 16.4 Å². The predicted octanol–water partition coefficient (Wildman–Crippen LogP) is 2.93. The molecule has 0 aliphatic carbocycles. The molecule has 1 N–H and O–H groups in total. The zero-order valence-electron chi connectivity index (χ0n) is 10.9. The molecule has 2 unspecified atom stereocenters. The van der Waals surface area contributed by atoms with Gasteiger partial charge < -0.3 is 9.84 Å². The minimum Gasteiger partial charge on any atom is -0.387 e. The minimum absolute atomic E-state index is 0.240. The number of hydrogen-bond acceptors (Lipinski definition) is 3. The van der Waals surface area contributed by atoms with Crippen LogP contribution in [0.4, 0.5) is 0 Å². The fourth-order valence-electron chi connectivity index (χ4n) is 1.92. The molecule has 2 atom stereocenters. The van der Waals surface area contributed by atoms with Crippen LogP contribution >= 0.6 is 15.9 Å². The quantitative estimate of drug-likeness (QED) is 0.879. The number of hydrogen-bond donors (Lipinski definition) is 1. The molecule has 4 nitrogen and oxygen atoms in total. The van der Waals surface area contributed by atoms with Crippen molar-refractivity contribution in [2.24, 2.45) is 5.92 Å². The number of halogens is 1. The standard InChI is InChI=1S/C12H21BrN2O2/c1-8(2)15-12(10(13)6-14-15)11(16)5-9(3)7-17-4/h6,8-9,11,16H,5,7H2,1-4H3. The maximum atomic E-state index is 10.3. The van der Waals surface area contributed by atoms with Crippen LogP contribution in [0.1, 0.15) is 45.0 Å². The molecule has 0 spiro atoms. The third-order valence-corrected chi connectivity index (χ3v) is 3.28. The minimum atomic E-state index is -0.514. The number of nitrogens with zero attached hydrogens (tertiary/aromatic N) is 2. The lowest BCUT2D eigenvalue weighted by atomic mass is 10.0. The van der Waals surface area contributed by atoms with Crippen LogP contribution in [0, 0.1) is 5.92 Å². The molecule has 0 aliphatic heterocycles. The van der Waals surface area contributed by atoms with Gasteiger partial charge in [-0.05, 0) is 42.1 Å². The van der Waals surface area contributed by atoms with Gasteiger partial charge in [-0.3, -0.25) is 4.68 Å². The summed E-state index contributed by atoms with van der Waals surface area (Å²) in [6.45, 7) is 6.82. The molecule has 17 heavy (non-hydrogen) atoms. The molecule has 0 saturated heterocycles. The van der Waals surface area contributed by atoms with Crippen molar-refractivity contribution in [3.63, 3.8) is 0 Å². The van der Waals surface area contributed by atoms with Gasteiger partial charge in [-0.2, -0.15) is 5.10 Å². The third-order valence-electron chi connectivity index (χ3n) is 2.67. The summed E-state index contributed by atoms with van der Waals surface area (Å²) >= 11 is 3.44. The van der Waals surface area contributed by atoms with Gasteiger partial charge in [-0.1, -0.05) is 6.92 Å². The zero-order valence-corrected chi connectivity index (χ0v) is 12.4. The molecule has 98 valence electrons. The van der Waals surface area contributed by atoms with Gasteiger partial charge in [0.05, 0.1) is 22.5 Å². The molecule has 1 aromatic rings. The molecule has 0 fully saturated rings. The van der Waals surface area contributed by atoms with Gasteiger partial charge in [0.25, 0.3) is 0 Å². The first-order valence-electron chi connectivity index (χ1n) is 5.87. The van der Waals surface area contributed by atoms with E-state index in [2.05, 4.69) is 28.0 Å². The lowest BCUT2D eigenvalue weighted by Gasteiger charge is -2.19. The van der Waals surface area contributed by atoms with Gasteiger partial charge in [0.15, 0.2) is 0 Å². The highest BCUT2D eigenvalue weighted by atomic mass is 79.9. The second kappa shape index (κ2) is 6.52. The Morgan fingerprint density at radius 3 is 2.65 bits per heavy atom. The third kappa shape index (κ3) is 3.79. The highest BCUT2D eigenvalue weighted by molar-refractivity contribution is 9.10. The van der Waals surface area contributed by atoms with Gasteiger partial charge in [-0.25, -0.2) is 0 Å². The summed E-state index contributed by atoms with van der Waals surface area (Å²) in [6.07, 6.45) is 1.89. The lowest BCUT2D eigenvalue weighted by molar-refractivity contribution is 0.0953. The smallest absolute Gasteiger partial charge is 0.0971 e. The lowest BCUT2D eigenvalue weighted by Crippen LogP contribution is -2.15. The molecule has 0 aliphatic rings. The van der Waals surface area contributed by atoms with Crippen LogP contribution in [-0.4, -0.2) is 28.6 Å². The highest BCUT2D eigenvalue weighted by Crippen LogP contribution is 2.29. The van der Waals surface area contributed by atoms with Crippen molar-refractivity contribution < 1.29 is 9.84 Å². The predicted molar refractivity (Wildman–Crippen MR) is 70.9 cm³/mol. The van der Waals surface area contributed by atoms with Crippen molar-refractivity contribution >= 4 is 15.9 Å². The first-order valence-corrected chi connectivity index (χ1v) is 6.66. The topological polar surface area (TPSA) is 47.3 Å². The summed E-state index contributed by atoms with van der Waals surface area (Å²) in [5, 5.41) is 14.5. The molecule has 1 heterocycles. The maximum absolute atomic E-state index is 10.3. The number of aromatic nitrogens is 2. The number of ether oxygens (including phenoxy) is 1. The van der Waals surface area contributed by atoms with E-state index in [4.69, 9.17) is 4.74 Å². The van der Waals surface area contributed by atoms with E-state index >= 15 is 0 Å². The van der Waals surface area contributed by atoms with E-state index < -0.39 is 6.10 Å². The molecule has 0 radical (unpaired) electrons. The van der Waals surface area contributed by atoms with Gasteiger partial charge in [-0.15, -0.1) is 0 Å². The average Bonchev–Trinajstić information content (AvgIpc) is 2.60. The fraction of sp³-hybridized carbons (Fsp3) is 0.750. The van der Waals surface area contributed by atoms with Crippen molar-refractivity contribution in [2.75, 3.05) is 13.7 Å². The SMILES string of the molecule is COCC(C)CC(O)c1c(Br)cnn1C(C)C. The van der Waals surface area contributed by atoms with Gasteiger partial charge in [0, 0.05) is 19.8 Å². The van der Waals surface area contributed by atoms with Crippen LogP contribution in [0.15, 0.2) is 10.7 Å². The Balaban J connectivity index is 2.80. The zero-order chi connectivity index (χ0) is 13.0. The van der Waals surface area contributed by atoms with E-state index in [1.165, 1.54) is 0 Å². The van der Waals surface area contributed by atoms with E-state index in [0.29, 0.717) is 18.9 Å². The van der Waals surface area contributed by atoms with E-state index in [0.717, 1.165) is 10.2 Å². The summed E-state index contributed by atoms with van der Waals surface area (Å²) in [6, 6.07) is 0.240. The van der Waals surface area contributed by atoms with Gasteiger partial charge in [0.1, 0.15) is 0 Å². The van der Waals surface area contributed by atoms with Gasteiger partial charge in [0.2, 0.25) is 0 Å². The molecule has 1 rings (SSSR count). The molecule has 0 amide bonds. The second-order valence-corrected chi connectivity index (χ2v) is 5.58. The maximum Gasteiger partial charge on any atom is 0.0971 e. The van der Waals surface area contributed by atoms with E-state index in [9.17, 15) is 5.11 Å². The normalized spacial score (nSPS) is 15.2.